The number of nitrogens with one attached hydrogen (secondary N) is 1. The molecule has 2 saturated heterocycles. The minimum Gasteiger partial charge on any atom is -0.435 e. The number of nitrogens with zero attached hydrogens (tertiary/aromatic N) is 2. The Hall–Kier alpha value is -3.26. The Morgan fingerprint density at radius 2 is 1.74 bits per heavy atom. The molecule has 176 valence electrons. The monoisotopic (exact) mass is 479 g/mol. The Morgan fingerprint density at radius 3 is 2.35 bits per heavy atom. The van der Waals surface area contributed by atoms with Crippen molar-refractivity contribution in [2.45, 2.75) is 37.6 Å². The average Bonchev–Trinajstić information content (AvgIpc) is 3.59. The van der Waals surface area contributed by atoms with Gasteiger partial charge in [-0.15, -0.1) is 12.4 Å². The van der Waals surface area contributed by atoms with Crippen LogP contribution in [0.1, 0.15) is 47.2 Å². The molecule has 1 amide bonds. The highest BCUT2D eigenvalue weighted by Crippen LogP contribution is 2.36. The average molecular weight is 480 g/mol. The first kappa shape index (κ1) is 23.9. The van der Waals surface area contributed by atoms with Gasteiger partial charge in [-0.1, -0.05) is 36.4 Å². The van der Waals surface area contributed by atoms with Crippen LogP contribution in [0, 0.1) is 0 Å². The molecule has 8 heteroatoms. The fourth-order valence-electron chi connectivity index (χ4n) is 4.18. The first-order valence-corrected chi connectivity index (χ1v) is 11.1. The molecule has 2 bridgehead atoms. The lowest BCUT2D eigenvalue weighted by Gasteiger charge is -2.23. The van der Waals surface area contributed by atoms with Gasteiger partial charge in [0.15, 0.2) is 11.7 Å². The molecule has 2 aromatic heterocycles. The fourth-order valence-corrected chi connectivity index (χ4v) is 4.18. The molecule has 1 saturated carbocycles. The molecule has 3 fully saturated rings. The standard InChI is InChI=1S/C21H17N3O3.C5H8O.ClH/c1-26-18(14-6-3-2-4-7-14)21-24-17-9-5-8-16(19(17)27-21)23-20(25)15-10-12-22-13-11-15;1-2-5-3-4(1)6-5;/h2-13,18H,1H3,(H,23,25);4-5H,1-3H2;1H. The maximum Gasteiger partial charge on any atom is 0.255 e. The second kappa shape index (κ2) is 10.8. The van der Waals surface area contributed by atoms with Crippen molar-refractivity contribution in [3.05, 3.63) is 90.1 Å². The number of ether oxygens (including phenoxy) is 2. The molecule has 7 rings (SSSR count). The molecule has 4 heterocycles. The molecule has 0 spiro atoms. The van der Waals surface area contributed by atoms with Crippen molar-refractivity contribution in [2.24, 2.45) is 0 Å². The minimum absolute atomic E-state index is 0. The molecule has 34 heavy (non-hydrogen) atoms. The predicted octanol–water partition coefficient (Wildman–Crippen LogP) is 5.57. The summed E-state index contributed by atoms with van der Waals surface area (Å²) in [6.07, 6.45) is 8.14. The normalized spacial score (nSPS) is 18.7. The molecule has 3 aliphatic rings. The fraction of sp³-hybridized carbons (Fsp3) is 0.269. The van der Waals surface area contributed by atoms with Gasteiger partial charge >= 0.3 is 0 Å². The van der Waals surface area contributed by atoms with Gasteiger partial charge in [-0.2, -0.15) is 0 Å². The summed E-state index contributed by atoms with van der Waals surface area (Å²) < 4.78 is 16.8. The van der Waals surface area contributed by atoms with E-state index in [2.05, 4.69) is 15.3 Å². The Balaban J connectivity index is 0.000000336. The van der Waals surface area contributed by atoms with E-state index in [0.29, 0.717) is 40.4 Å². The van der Waals surface area contributed by atoms with Crippen LogP contribution in [0.4, 0.5) is 5.69 Å². The number of hydrogen-bond donors (Lipinski definition) is 1. The molecule has 3 atom stereocenters. The number of benzene rings is 2. The van der Waals surface area contributed by atoms with Crippen LogP contribution < -0.4 is 5.32 Å². The highest BCUT2D eigenvalue weighted by Gasteiger charge is 2.36. The van der Waals surface area contributed by atoms with Crippen LogP contribution in [-0.2, 0) is 9.47 Å². The van der Waals surface area contributed by atoms with E-state index in [1.54, 1.807) is 37.7 Å². The summed E-state index contributed by atoms with van der Waals surface area (Å²) in [5.41, 5.74) is 3.16. The van der Waals surface area contributed by atoms with Gasteiger partial charge in [-0.25, -0.2) is 4.98 Å². The first-order valence-electron chi connectivity index (χ1n) is 11.1. The summed E-state index contributed by atoms with van der Waals surface area (Å²) in [5, 5.41) is 2.87. The highest BCUT2D eigenvalue weighted by atomic mass is 35.5. The molecule has 3 unspecified atom stereocenters. The smallest absolute Gasteiger partial charge is 0.255 e. The maximum atomic E-state index is 12.5. The van der Waals surface area contributed by atoms with E-state index in [9.17, 15) is 4.79 Å². The molecular weight excluding hydrogens is 454 g/mol. The number of anilines is 1. The van der Waals surface area contributed by atoms with E-state index in [-0.39, 0.29) is 18.3 Å². The lowest BCUT2D eigenvalue weighted by Crippen LogP contribution is -2.25. The van der Waals surface area contributed by atoms with Crippen molar-refractivity contribution in [3.63, 3.8) is 0 Å². The van der Waals surface area contributed by atoms with Crippen LogP contribution in [0.15, 0.2) is 77.5 Å². The molecule has 1 aliphatic carbocycles. The van der Waals surface area contributed by atoms with E-state index in [1.165, 1.54) is 19.3 Å². The number of carbonyl (C=O) groups is 1. The second-order valence-electron chi connectivity index (χ2n) is 8.12. The zero-order valence-corrected chi connectivity index (χ0v) is 19.5. The summed E-state index contributed by atoms with van der Waals surface area (Å²) in [4.78, 5) is 20.9. The molecule has 0 radical (unpaired) electrons. The number of carbonyl (C=O) groups excluding carboxylic acids is 1. The number of para-hydroxylation sites is 1. The Morgan fingerprint density at radius 1 is 1.03 bits per heavy atom. The van der Waals surface area contributed by atoms with Crippen molar-refractivity contribution in [3.8, 4) is 0 Å². The Kier molecular flexibility index (Phi) is 7.57. The predicted molar refractivity (Wildman–Crippen MR) is 131 cm³/mol. The summed E-state index contributed by atoms with van der Waals surface area (Å²) in [5.74, 6) is 0.193. The van der Waals surface area contributed by atoms with Crippen LogP contribution in [-0.4, -0.2) is 35.2 Å². The third kappa shape index (κ3) is 5.12. The summed E-state index contributed by atoms with van der Waals surface area (Å²) >= 11 is 0. The van der Waals surface area contributed by atoms with Crippen LogP contribution in [0.2, 0.25) is 0 Å². The number of aromatic nitrogens is 2. The number of pyridine rings is 1. The quantitative estimate of drug-likeness (QED) is 0.402. The van der Waals surface area contributed by atoms with Gasteiger partial charge in [0.25, 0.3) is 5.91 Å². The topological polar surface area (TPSA) is 86.5 Å². The number of amides is 1. The third-order valence-corrected chi connectivity index (χ3v) is 5.91. The van der Waals surface area contributed by atoms with Gasteiger partial charge in [0, 0.05) is 25.1 Å². The zero-order chi connectivity index (χ0) is 22.6. The van der Waals surface area contributed by atoms with Crippen molar-refractivity contribution in [1.29, 1.82) is 0 Å². The van der Waals surface area contributed by atoms with Crippen LogP contribution in [0.3, 0.4) is 0 Å². The molecule has 7 nitrogen and oxygen atoms in total. The number of methoxy groups -OCH3 is 1. The number of fused-ring (bicyclic) bond motifs is 2. The van der Waals surface area contributed by atoms with Gasteiger partial charge in [0.05, 0.1) is 17.9 Å². The second-order valence-corrected chi connectivity index (χ2v) is 8.12. The van der Waals surface area contributed by atoms with Crippen molar-refractivity contribution in [2.75, 3.05) is 12.4 Å². The van der Waals surface area contributed by atoms with Crippen molar-refractivity contribution in [1.82, 2.24) is 9.97 Å². The summed E-state index contributed by atoms with van der Waals surface area (Å²) in [6.45, 7) is 0. The number of hydrogen-bond acceptors (Lipinski definition) is 6. The lowest BCUT2D eigenvalue weighted by molar-refractivity contribution is -0.0647. The number of halogens is 1. The Bertz CT molecular complexity index is 1210. The maximum absolute atomic E-state index is 12.5. The van der Waals surface area contributed by atoms with Gasteiger partial charge in [0.1, 0.15) is 5.52 Å². The summed E-state index contributed by atoms with van der Waals surface area (Å²) in [6, 6.07) is 18.5. The first-order chi connectivity index (χ1) is 16.2. The van der Waals surface area contributed by atoms with E-state index < -0.39 is 6.10 Å². The molecule has 2 aromatic carbocycles. The van der Waals surface area contributed by atoms with Crippen molar-refractivity contribution < 1.29 is 18.7 Å². The summed E-state index contributed by atoms with van der Waals surface area (Å²) in [7, 11) is 1.61. The molecule has 2 aliphatic heterocycles. The minimum atomic E-state index is -0.428. The van der Waals surface area contributed by atoms with Crippen LogP contribution in [0.5, 0.6) is 0 Å². The lowest BCUT2D eigenvalue weighted by atomic mass is 10.1. The zero-order valence-electron chi connectivity index (χ0n) is 18.7. The van der Waals surface area contributed by atoms with E-state index in [0.717, 1.165) is 5.56 Å². The van der Waals surface area contributed by atoms with Gasteiger partial charge in [-0.3, -0.25) is 9.78 Å². The largest absolute Gasteiger partial charge is 0.435 e. The molecule has 1 N–H and O–H groups in total. The van der Waals surface area contributed by atoms with Crippen LogP contribution >= 0.6 is 12.4 Å². The van der Waals surface area contributed by atoms with E-state index >= 15 is 0 Å². The third-order valence-electron chi connectivity index (χ3n) is 5.91. The van der Waals surface area contributed by atoms with E-state index in [4.69, 9.17) is 13.9 Å². The van der Waals surface area contributed by atoms with Crippen LogP contribution in [0.25, 0.3) is 11.1 Å². The van der Waals surface area contributed by atoms with Gasteiger partial charge in [0.2, 0.25) is 5.89 Å². The number of oxazole rings is 1. The molecule has 4 aromatic rings. The van der Waals surface area contributed by atoms with Crippen molar-refractivity contribution >= 4 is 35.1 Å². The SMILES string of the molecule is C1CC2CC1O2.COC(c1ccccc1)c1nc2cccc(NC(=O)c3ccncc3)c2o1.Cl. The Labute approximate surface area is 203 Å². The van der Waals surface area contributed by atoms with Gasteiger partial charge in [-0.05, 0) is 49.1 Å². The molecular formula is C26H26ClN3O4. The van der Waals surface area contributed by atoms with Gasteiger partial charge < -0.3 is 19.2 Å². The number of rotatable bonds is 5. The van der Waals surface area contributed by atoms with E-state index in [1.807, 2.05) is 42.5 Å². The highest BCUT2D eigenvalue weighted by molar-refractivity contribution is 6.07.